The SMILES string of the molecule is CCc1c(C)[nH]c(C=C2C(=O)NN=C2CCc2ccc(N)cc2)c1C. The van der Waals surface area contributed by atoms with Gasteiger partial charge in [0.05, 0.1) is 11.3 Å². The van der Waals surface area contributed by atoms with Gasteiger partial charge in [-0.1, -0.05) is 19.1 Å². The summed E-state index contributed by atoms with van der Waals surface area (Å²) < 4.78 is 0. The van der Waals surface area contributed by atoms with E-state index in [4.69, 9.17) is 5.73 Å². The van der Waals surface area contributed by atoms with Gasteiger partial charge < -0.3 is 10.7 Å². The molecule has 0 unspecified atom stereocenters. The predicted octanol–water partition coefficient (Wildman–Crippen LogP) is 3.28. The standard InChI is InChI=1S/C20H24N4O/c1-4-16-12(2)19(22-13(16)3)11-17-18(23-24-20(17)25)10-7-14-5-8-15(21)9-6-14/h5-6,8-9,11,22H,4,7,10,21H2,1-3H3,(H,24,25). The minimum absolute atomic E-state index is 0.142. The Morgan fingerprint density at radius 3 is 2.52 bits per heavy atom. The van der Waals surface area contributed by atoms with E-state index in [1.807, 2.05) is 30.3 Å². The number of amides is 1. The van der Waals surface area contributed by atoms with E-state index in [-0.39, 0.29) is 5.91 Å². The molecule has 0 fully saturated rings. The van der Waals surface area contributed by atoms with Crippen molar-refractivity contribution in [3.63, 3.8) is 0 Å². The quantitative estimate of drug-likeness (QED) is 0.578. The molecule has 1 aliphatic rings. The number of hydrogen-bond donors (Lipinski definition) is 3. The number of aromatic amines is 1. The first kappa shape index (κ1) is 17.0. The normalized spacial score (nSPS) is 15.6. The van der Waals surface area contributed by atoms with E-state index in [0.29, 0.717) is 12.0 Å². The van der Waals surface area contributed by atoms with Crippen LogP contribution in [0.2, 0.25) is 0 Å². The Bertz CT molecular complexity index is 857. The van der Waals surface area contributed by atoms with Crippen LogP contribution in [0.3, 0.4) is 0 Å². The molecule has 0 saturated heterocycles. The lowest BCUT2D eigenvalue weighted by molar-refractivity contribution is -0.116. The van der Waals surface area contributed by atoms with Crippen molar-refractivity contribution < 1.29 is 4.79 Å². The summed E-state index contributed by atoms with van der Waals surface area (Å²) >= 11 is 0. The zero-order valence-corrected chi connectivity index (χ0v) is 14.9. The average Bonchev–Trinajstić information content (AvgIpc) is 3.07. The number of hydrazone groups is 1. The van der Waals surface area contributed by atoms with Crippen LogP contribution in [0.4, 0.5) is 5.69 Å². The molecule has 1 aromatic carbocycles. The fraction of sp³-hybridized carbons (Fsp3) is 0.300. The van der Waals surface area contributed by atoms with E-state index in [9.17, 15) is 4.79 Å². The topological polar surface area (TPSA) is 83.3 Å². The molecule has 0 bridgehead atoms. The van der Waals surface area contributed by atoms with Crippen molar-refractivity contribution >= 4 is 23.4 Å². The van der Waals surface area contributed by atoms with Crippen LogP contribution in [-0.4, -0.2) is 16.6 Å². The van der Waals surface area contributed by atoms with Crippen LogP contribution < -0.4 is 11.2 Å². The molecule has 3 rings (SSSR count). The number of H-pyrrole nitrogens is 1. The number of nitrogens with two attached hydrogens (primary N) is 1. The molecule has 0 atom stereocenters. The summed E-state index contributed by atoms with van der Waals surface area (Å²) in [4.78, 5) is 15.6. The van der Waals surface area contributed by atoms with Gasteiger partial charge in [0.2, 0.25) is 0 Å². The first-order chi connectivity index (χ1) is 12.0. The van der Waals surface area contributed by atoms with Crippen molar-refractivity contribution in [3.05, 3.63) is 57.9 Å². The minimum atomic E-state index is -0.142. The third-order valence-electron chi connectivity index (χ3n) is 4.75. The lowest BCUT2D eigenvalue weighted by Crippen LogP contribution is -2.13. The Morgan fingerprint density at radius 2 is 1.88 bits per heavy atom. The van der Waals surface area contributed by atoms with Crippen molar-refractivity contribution in [2.45, 2.75) is 40.0 Å². The Balaban J connectivity index is 1.81. The molecule has 4 N–H and O–H groups in total. The summed E-state index contributed by atoms with van der Waals surface area (Å²) in [6.45, 7) is 6.30. The molecule has 1 amide bonds. The fourth-order valence-electron chi connectivity index (χ4n) is 3.29. The third-order valence-corrected chi connectivity index (χ3v) is 4.75. The highest BCUT2D eigenvalue weighted by molar-refractivity contribution is 6.27. The molecule has 25 heavy (non-hydrogen) atoms. The Labute approximate surface area is 148 Å². The molecule has 0 radical (unpaired) electrons. The lowest BCUT2D eigenvalue weighted by Gasteiger charge is -2.03. The zero-order chi connectivity index (χ0) is 18.0. The maximum Gasteiger partial charge on any atom is 0.273 e. The van der Waals surface area contributed by atoms with Crippen molar-refractivity contribution in [2.75, 3.05) is 5.73 Å². The van der Waals surface area contributed by atoms with Gasteiger partial charge in [0.1, 0.15) is 0 Å². The molecule has 0 saturated carbocycles. The highest BCUT2D eigenvalue weighted by Crippen LogP contribution is 2.23. The molecule has 130 valence electrons. The summed E-state index contributed by atoms with van der Waals surface area (Å²) in [6, 6.07) is 7.80. The van der Waals surface area contributed by atoms with E-state index in [1.165, 1.54) is 16.7 Å². The molecular formula is C20H24N4O. The second-order valence-corrected chi connectivity index (χ2v) is 6.42. The van der Waals surface area contributed by atoms with Crippen LogP contribution in [0, 0.1) is 13.8 Å². The van der Waals surface area contributed by atoms with Gasteiger partial charge in [-0.15, -0.1) is 0 Å². The van der Waals surface area contributed by atoms with Gasteiger partial charge in [-0.05, 0) is 68.0 Å². The Hall–Kier alpha value is -2.82. The van der Waals surface area contributed by atoms with Gasteiger partial charge in [0.15, 0.2) is 0 Å². The first-order valence-corrected chi connectivity index (χ1v) is 8.61. The fourth-order valence-corrected chi connectivity index (χ4v) is 3.29. The smallest absolute Gasteiger partial charge is 0.273 e. The van der Waals surface area contributed by atoms with E-state index in [2.05, 4.69) is 36.3 Å². The van der Waals surface area contributed by atoms with Crippen LogP contribution in [0.5, 0.6) is 0 Å². The highest BCUT2D eigenvalue weighted by Gasteiger charge is 2.23. The monoisotopic (exact) mass is 336 g/mol. The number of nitrogens with one attached hydrogen (secondary N) is 2. The van der Waals surface area contributed by atoms with Gasteiger partial charge in [-0.3, -0.25) is 4.79 Å². The van der Waals surface area contributed by atoms with Crippen LogP contribution in [0.15, 0.2) is 34.9 Å². The summed E-state index contributed by atoms with van der Waals surface area (Å²) in [5.74, 6) is -0.142. The maximum atomic E-state index is 12.2. The lowest BCUT2D eigenvalue weighted by atomic mass is 10.00. The van der Waals surface area contributed by atoms with Crippen LogP contribution in [-0.2, 0) is 17.6 Å². The van der Waals surface area contributed by atoms with Crippen LogP contribution >= 0.6 is 0 Å². The van der Waals surface area contributed by atoms with Crippen molar-refractivity contribution in [1.29, 1.82) is 0 Å². The number of nitrogen functional groups attached to an aromatic ring is 1. The van der Waals surface area contributed by atoms with E-state index in [1.54, 1.807) is 0 Å². The number of aromatic nitrogens is 1. The Morgan fingerprint density at radius 1 is 1.16 bits per heavy atom. The van der Waals surface area contributed by atoms with Crippen molar-refractivity contribution in [1.82, 2.24) is 10.4 Å². The number of aryl methyl sites for hydroxylation is 2. The summed E-state index contributed by atoms with van der Waals surface area (Å²) in [5.41, 5.74) is 16.3. The summed E-state index contributed by atoms with van der Waals surface area (Å²) in [6.07, 6.45) is 4.41. The summed E-state index contributed by atoms with van der Waals surface area (Å²) in [5, 5.41) is 4.22. The van der Waals surface area contributed by atoms with Gasteiger partial charge >= 0.3 is 0 Å². The third kappa shape index (κ3) is 3.50. The number of rotatable bonds is 5. The van der Waals surface area contributed by atoms with Crippen LogP contribution in [0.25, 0.3) is 6.08 Å². The second kappa shape index (κ2) is 6.97. The minimum Gasteiger partial charge on any atom is -0.399 e. The molecule has 5 nitrogen and oxygen atoms in total. The zero-order valence-electron chi connectivity index (χ0n) is 14.9. The van der Waals surface area contributed by atoms with Gasteiger partial charge in [0, 0.05) is 17.1 Å². The average molecular weight is 336 g/mol. The van der Waals surface area contributed by atoms with Gasteiger partial charge in [0.25, 0.3) is 5.91 Å². The molecule has 0 spiro atoms. The number of hydrogen-bond acceptors (Lipinski definition) is 3. The molecule has 1 aliphatic heterocycles. The van der Waals surface area contributed by atoms with Gasteiger partial charge in [-0.25, -0.2) is 5.43 Å². The van der Waals surface area contributed by atoms with E-state index >= 15 is 0 Å². The van der Waals surface area contributed by atoms with Gasteiger partial charge in [-0.2, -0.15) is 5.10 Å². The second-order valence-electron chi connectivity index (χ2n) is 6.42. The molecule has 5 heteroatoms. The largest absolute Gasteiger partial charge is 0.399 e. The van der Waals surface area contributed by atoms with Crippen molar-refractivity contribution in [2.24, 2.45) is 5.10 Å². The number of anilines is 1. The molecule has 2 heterocycles. The number of benzene rings is 1. The molecule has 0 aliphatic carbocycles. The summed E-state index contributed by atoms with van der Waals surface area (Å²) in [7, 11) is 0. The molecule has 2 aromatic rings. The number of carbonyl (C=O) groups excluding carboxylic acids is 1. The predicted molar refractivity (Wildman–Crippen MR) is 102 cm³/mol. The first-order valence-electron chi connectivity index (χ1n) is 8.61. The molecular weight excluding hydrogens is 312 g/mol. The molecule has 1 aromatic heterocycles. The van der Waals surface area contributed by atoms with Crippen LogP contribution in [0.1, 0.15) is 41.4 Å². The number of carbonyl (C=O) groups is 1. The van der Waals surface area contributed by atoms with E-state index in [0.717, 1.165) is 35.6 Å². The Kier molecular flexibility index (Phi) is 4.74. The number of nitrogens with zero attached hydrogens (tertiary/aromatic N) is 1. The van der Waals surface area contributed by atoms with Crippen molar-refractivity contribution in [3.8, 4) is 0 Å². The maximum absolute atomic E-state index is 12.2. The van der Waals surface area contributed by atoms with E-state index < -0.39 is 0 Å². The highest BCUT2D eigenvalue weighted by atomic mass is 16.2.